The van der Waals surface area contributed by atoms with Crippen molar-refractivity contribution in [2.75, 3.05) is 29.0 Å². The third kappa shape index (κ3) is 5.33. The summed E-state index contributed by atoms with van der Waals surface area (Å²) in [7, 11) is 0. The average Bonchev–Trinajstić information content (AvgIpc) is 2.87. The van der Waals surface area contributed by atoms with Gasteiger partial charge in [0.05, 0.1) is 13.1 Å². The lowest BCUT2D eigenvalue weighted by Crippen LogP contribution is -2.41. The van der Waals surface area contributed by atoms with Crippen molar-refractivity contribution in [2.45, 2.75) is 13.5 Å². The minimum Gasteiger partial charge on any atom is -0.383 e. The van der Waals surface area contributed by atoms with E-state index >= 15 is 0 Å². The van der Waals surface area contributed by atoms with Crippen LogP contribution in [0.2, 0.25) is 0 Å². The number of nitrogens with one attached hydrogen (secondary N) is 2. The minimum atomic E-state index is -0.629. The number of nitrogen functional groups attached to an aromatic ring is 1. The van der Waals surface area contributed by atoms with Gasteiger partial charge in [-0.1, -0.05) is 78.9 Å². The number of hydrogen-bond donors (Lipinski definition) is 3. The lowest BCUT2D eigenvalue weighted by Gasteiger charge is -2.24. The van der Waals surface area contributed by atoms with Gasteiger partial charge < -0.3 is 16.0 Å². The van der Waals surface area contributed by atoms with E-state index in [0.29, 0.717) is 12.2 Å². The number of aromatic amines is 1. The summed E-state index contributed by atoms with van der Waals surface area (Å²) < 4.78 is 1.30. The molecular formula is C27H27N5O3. The van der Waals surface area contributed by atoms with E-state index in [0.717, 1.165) is 16.7 Å². The highest BCUT2D eigenvalue weighted by Crippen LogP contribution is 2.27. The number of H-pyrrole nitrogens is 1. The molecule has 0 saturated heterocycles. The fraction of sp³-hybridized carbons (Fsp3) is 0.148. The van der Waals surface area contributed by atoms with E-state index in [1.54, 1.807) is 4.90 Å². The largest absolute Gasteiger partial charge is 0.383 e. The SMILES string of the molecule is CCN(CC(=O)Nc1ccccc1-c1ccccc1)c1c(N)n(Cc2ccccc2)c(=O)[nH]c1=O. The Morgan fingerprint density at radius 2 is 1.57 bits per heavy atom. The molecule has 0 unspecified atom stereocenters. The van der Waals surface area contributed by atoms with Crippen LogP contribution < -0.4 is 27.2 Å². The van der Waals surface area contributed by atoms with Crippen LogP contribution in [0.1, 0.15) is 12.5 Å². The molecule has 8 heteroatoms. The van der Waals surface area contributed by atoms with Gasteiger partial charge in [0.25, 0.3) is 5.56 Å². The highest BCUT2D eigenvalue weighted by molar-refractivity contribution is 5.98. The van der Waals surface area contributed by atoms with Crippen LogP contribution in [0.3, 0.4) is 0 Å². The molecule has 4 rings (SSSR count). The van der Waals surface area contributed by atoms with Crippen molar-refractivity contribution >= 4 is 23.1 Å². The molecule has 0 aliphatic carbocycles. The fourth-order valence-electron chi connectivity index (χ4n) is 3.98. The summed E-state index contributed by atoms with van der Waals surface area (Å²) in [4.78, 5) is 42.1. The van der Waals surface area contributed by atoms with Crippen molar-refractivity contribution in [3.05, 3.63) is 111 Å². The molecule has 0 saturated carbocycles. The molecule has 4 aromatic rings. The molecule has 8 nitrogen and oxygen atoms in total. The second-order valence-electron chi connectivity index (χ2n) is 8.04. The zero-order chi connectivity index (χ0) is 24.8. The van der Waals surface area contributed by atoms with E-state index in [4.69, 9.17) is 5.73 Å². The van der Waals surface area contributed by atoms with E-state index in [1.807, 2.05) is 91.9 Å². The van der Waals surface area contributed by atoms with Crippen LogP contribution in [0, 0.1) is 0 Å². The number of rotatable bonds is 8. The first kappa shape index (κ1) is 23.6. The summed E-state index contributed by atoms with van der Waals surface area (Å²) in [6, 6.07) is 26.6. The van der Waals surface area contributed by atoms with Crippen molar-refractivity contribution in [3.63, 3.8) is 0 Å². The second-order valence-corrected chi connectivity index (χ2v) is 8.04. The Morgan fingerprint density at radius 1 is 0.943 bits per heavy atom. The Labute approximate surface area is 202 Å². The first-order chi connectivity index (χ1) is 17.0. The van der Waals surface area contributed by atoms with E-state index in [9.17, 15) is 14.4 Å². The van der Waals surface area contributed by atoms with Gasteiger partial charge in [0, 0.05) is 17.8 Å². The van der Waals surface area contributed by atoms with Gasteiger partial charge in [0.2, 0.25) is 5.91 Å². The van der Waals surface area contributed by atoms with E-state index in [-0.39, 0.29) is 30.5 Å². The summed E-state index contributed by atoms with van der Waals surface area (Å²) in [5.74, 6) is -0.295. The molecule has 0 aliphatic heterocycles. The Morgan fingerprint density at radius 3 is 2.26 bits per heavy atom. The Bertz CT molecular complexity index is 1430. The average molecular weight is 470 g/mol. The number of carbonyl (C=O) groups is 1. The zero-order valence-corrected chi connectivity index (χ0v) is 19.4. The number of amides is 1. The standard InChI is InChI=1S/C27H27N5O3/c1-2-31(18-23(33)29-22-16-10-9-15-21(22)20-13-7-4-8-14-20)24-25(28)32(27(35)30-26(24)34)17-19-11-5-3-6-12-19/h3-16H,2,17-18,28H2,1H3,(H,29,33)(H,30,34,35). The second kappa shape index (κ2) is 10.6. The van der Waals surface area contributed by atoms with Crippen molar-refractivity contribution < 1.29 is 4.79 Å². The number of nitrogens with two attached hydrogens (primary N) is 1. The third-order valence-electron chi connectivity index (χ3n) is 5.72. The van der Waals surface area contributed by atoms with Gasteiger partial charge in [-0.25, -0.2) is 4.79 Å². The molecule has 0 radical (unpaired) electrons. The molecule has 1 heterocycles. The summed E-state index contributed by atoms with van der Waals surface area (Å²) in [6.45, 7) is 2.24. The smallest absolute Gasteiger partial charge is 0.330 e. The normalized spacial score (nSPS) is 10.7. The molecule has 0 bridgehead atoms. The van der Waals surface area contributed by atoms with Crippen LogP contribution in [-0.2, 0) is 11.3 Å². The van der Waals surface area contributed by atoms with E-state index < -0.39 is 11.2 Å². The summed E-state index contributed by atoms with van der Waals surface area (Å²) >= 11 is 0. The Hall–Kier alpha value is -4.59. The number of para-hydroxylation sites is 1. The van der Waals surface area contributed by atoms with Crippen LogP contribution >= 0.6 is 0 Å². The maximum atomic E-state index is 13.0. The van der Waals surface area contributed by atoms with Crippen LogP contribution in [0.5, 0.6) is 0 Å². The number of nitrogens with zero attached hydrogens (tertiary/aromatic N) is 2. The highest BCUT2D eigenvalue weighted by Gasteiger charge is 2.20. The lowest BCUT2D eigenvalue weighted by atomic mass is 10.0. The molecular weight excluding hydrogens is 442 g/mol. The summed E-state index contributed by atoms with van der Waals surface area (Å²) in [6.07, 6.45) is 0. The van der Waals surface area contributed by atoms with Crippen molar-refractivity contribution in [1.29, 1.82) is 0 Å². The van der Waals surface area contributed by atoms with E-state index in [2.05, 4.69) is 10.3 Å². The van der Waals surface area contributed by atoms with Crippen LogP contribution in [0.4, 0.5) is 17.2 Å². The fourth-order valence-corrected chi connectivity index (χ4v) is 3.98. The first-order valence-corrected chi connectivity index (χ1v) is 11.3. The molecule has 0 aliphatic rings. The van der Waals surface area contributed by atoms with Crippen LogP contribution in [-0.4, -0.2) is 28.5 Å². The molecule has 35 heavy (non-hydrogen) atoms. The molecule has 178 valence electrons. The topological polar surface area (TPSA) is 113 Å². The lowest BCUT2D eigenvalue weighted by molar-refractivity contribution is -0.115. The summed E-state index contributed by atoms with van der Waals surface area (Å²) in [5.41, 5.74) is 8.56. The zero-order valence-electron chi connectivity index (χ0n) is 19.4. The highest BCUT2D eigenvalue weighted by atomic mass is 16.2. The van der Waals surface area contributed by atoms with Crippen LogP contribution in [0.15, 0.2) is 94.5 Å². The first-order valence-electron chi connectivity index (χ1n) is 11.3. The van der Waals surface area contributed by atoms with Crippen molar-refractivity contribution in [2.24, 2.45) is 0 Å². The molecule has 1 amide bonds. The predicted molar refractivity (Wildman–Crippen MR) is 140 cm³/mol. The summed E-state index contributed by atoms with van der Waals surface area (Å²) in [5, 5.41) is 2.95. The van der Waals surface area contributed by atoms with Gasteiger partial charge in [-0.3, -0.25) is 19.1 Å². The molecule has 1 aromatic heterocycles. The maximum Gasteiger partial charge on any atom is 0.330 e. The molecule has 0 atom stereocenters. The maximum absolute atomic E-state index is 13.0. The molecule has 0 spiro atoms. The number of carbonyl (C=O) groups excluding carboxylic acids is 1. The van der Waals surface area contributed by atoms with Gasteiger partial charge >= 0.3 is 5.69 Å². The Kier molecular flexibility index (Phi) is 7.11. The number of hydrogen-bond acceptors (Lipinski definition) is 5. The van der Waals surface area contributed by atoms with E-state index in [1.165, 1.54) is 4.57 Å². The van der Waals surface area contributed by atoms with Gasteiger partial charge in [-0.05, 0) is 24.1 Å². The third-order valence-corrected chi connectivity index (χ3v) is 5.72. The van der Waals surface area contributed by atoms with Gasteiger partial charge in [-0.15, -0.1) is 0 Å². The van der Waals surface area contributed by atoms with Crippen molar-refractivity contribution in [1.82, 2.24) is 9.55 Å². The van der Waals surface area contributed by atoms with Crippen molar-refractivity contribution in [3.8, 4) is 11.1 Å². The van der Waals surface area contributed by atoms with Gasteiger partial charge in [0.15, 0.2) is 0 Å². The molecule has 3 aromatic carbocycles. The monoisotopic (exact) mass is 469 g/mol. The predicted octanol–water partition coefficient (Wildman–Crippen LogP) is 3.30. The molecule has 4 N–H and O–H groups in total. The number of aromatic nitrogens is 2. The van der Waals surface area contributed by atoms with Gasteiger partial charge in [0.1, 0.15) is 11.5 Å². The van der Waals surface area contributed by atoms with Gasteiger partial charge in [-0.2, -0.15) is 0 Å². The Balaban J connectivity index is 1.60. The minimum absolute atomic E-state index is 0.0157. The number of benzene rings is 3. The number of anilines is 3. The van der Waals surface area contributed by atoms with Crippen LogP contribution in [0.25, 0.3) is 11.1 Å². The quantitative estimate of drug-likeness (QED) is 0.366. The molecule has 0 fully saturated rings. The number of likely N-dealkylation sites (N-methyl/N-ethyl adjacent to an activating group) is 1.